The average molecular weight is 381 g/mol. The van der Waals surface area contributed by atoms with Gasteiger partial charge in [-0.25, -0.2) is 0 Å². The Morgan fingerprint density at radius 2 is 1.93 bits per heavy atom. The number of likely N-dealkylation sites (tertiary alicyclic amines) is 2. The van der Waals surface area contributed by atoms with E-state index in [1.54, 1.807) is 11.6 Å². The van der Waals surface area contributed by atoms with Crippen LogP contribution in [0.25, 0.3) is 0 Å². The first-order valence-corrected chi connectivity index (χ1v) is 9.77. The highest BCUT2D eigenvalue weighted by Gasteiger charge is 2.48. The number of hydrogen-bond acceptors (Lipinski definition) is 4. The van der Waals surface area contributed by atoms with Crippen molar-refractivity contribution in [1.29, 1.82) is 0 Å². The van der Waals surface area contributed by atoms with Crippen molar-refractivity contribution in [1.82, 2.24) is 19.6 Å². The molecule has 3 atom stereocenters. The highest BCUT2D eigenvalue weighted by Crippen LogP contribution is 2.44. The van der Waals surface area contributed by atoms with Crippen molar-refractivity contribution in [3.63, 3.8) is 0 Å². The molecule has 2 saturated heterocycles. The van der Waals surface area contributed by atoms with E-state index in [1.165, 1.54) is 5.56 Å². The van der Waals surface area contributed by atoms with Crippen molar-refractivity contribution < 1.29 is 9.59 Å². The van der Waals surface area contributed by atoms with E-state index >= 15 is 0 Å². The van der Waals surface area contributed by atoms with Crippen LogP contribution in [-0.2, 0) is 16.6 Å². The van der Waals surface area contributed by atoms with Crippen LogP contribution in [0.5, 0.6) is 0 Å². The molecule has 7 nitrogen and oxygen atoms in total. The summed E-state index contributed by atoms with van der Waals surface area (Å²) >= 11 is 0. The molecule has 148 valence electrons. The van der Waals surface area contributed by atoms with Gasteiger partial charge >= 0.3 is 0 Å². The van der Waals surface area contributed by atoms with Gasteiger partial charge < -0.3 is 10.2 Å². The number of aromatic nitrogens is 2. The molecule has 0 unspecified atom stereocenters. The number of fused-ring (bicyclic) bond motifs is 1. The first-order chi connectivity index (χ1) is 13.4. The molecule has 28 heavy (non-hydrogen) atoms. The Kier molecular flexibility index (Phi) is 4.93. The van der Waals surface area contributed by atoms with Gasteiger partial charge in [-0.3, -0.25) is 19.2 Å². The largest absolute Gasteiger partial charge is 0.335 e. The third-order valence-electron chi connectivity index (χ3n) is 5.94. The zero-order valence-electron chi connectivity index (χ0n) is 16.6. The Hall–Kier alpha value is -2.67. The van der Waals surface area contributed by atoms with Crippen LogP contribution in [0.1, 0.15) is 24.2 Å². The van der Waals surface area contributed by atoms with Gasteiger partial charge in [-0.1, -0.05) is 30.3 Å². The van der Waals surface area contributed by atoms with Crippen molar-refractivity contribution in [2.75, 3.05) is 31.5 Å². The second kappa shape index (κ2) is 7.39. The molecule has 7 heteroatoms. The minimum atomic E-state index is -0.0178. The predicted molar refractivity (Wildman–Crippen MR) is 107 cm³/mol. The maximum Gasteiger partial charge on any atom is 0.238 e. The van der Waals surface area contributed by atoms with Crippen LogP contribution < -0.4 is 5.32 Å². The van der Waals surface area contributed by atoms with Gasteiger partial charge in [0, 0.05) is 45.7 Å². The fourth-order valence-electron chi connectivity index (χ4n) is 4.78. The van der Waals surface area contributed by atoms with Gasteiger partial charge in [-0.05, 0) is 18.4 Å². The van der Waals surface area contributed by atoms with Crippen molar-refractivity contribution in [3.05, 3.63) is 47.8 Å². The zero-order valence-corrected chi connectivity index (χ0v) is 16.6. The highest BCUT2D eigenvalue weighted by atomic mass is 16.2. The van der Waals surface area contributed by atoms with Gasteiger partial charge in [0.25, 0.3) is 0 Å². The summed E-state index contributed by atoms with van der Waals surface area (Å²) in [5.74, 6) is 0.872. The zero-order chi connectivity index (χ0) is 19.8. The fourth-order valence-corrected chi connectivity index (χ4v) is 4.78. The standard InChI is InChI=1S/C21H27N5O2/c1-14-19(12-24(3)23-14)22-20(28)13-25-9-17-10-26(15(2)27)21(18(17)11-25)16-7-5-4-6-8-16/h4-8,12,17-18,21H,9-11,13H2,1-3H3,(H,22,28)/t17-,18-,21+/m1/s1. The Balaban J connectivity index is 1.43. The maximum absolute atomic E-state index is 12.5. The number of anilines is 1. The third kappa shape index (κ3) is 3.54. The molecule has 1 aromatic carbocycles. The van der Waals surface area contributed by atoms with Gasteiger partial charge in [-0.15, -0.1) is 0 Å². The van der Waals surface area contributed by atoms with Crippen molar-refractivity contribution in [2.24, 2.45) is 18.9 Å². The summed E-state index contributed by atoms with van der Waals surface area (Å²) in [6.45, 7) is 6.34. The second-order valence-corrected chi connectivity index (χ2v) is 7.99. The minimum absolute atomic E-state index is 0.0178. The molecule has 0 bridgehead atoms. The molecule has 4 rings (SSSR count). The van der Waals surface area contributed by atoms with Crippen LogP contribution in [0.2, 0.25) is 0 Å². The number of carbonyl (C=O) groups is 2. The lowest BCUT2D eigenvalue weighted by atomic mass is 9.89. The lowest BCUT2D eigenvalue weighted by molar-refractivity contribution is -0.130. The Labute approximate surface area is 165 Å². The Bertz CT molecular complexity index is 878. The number of nitrogens with zero attached hydrogens (tertiary/aromatic N) is 4. The van der Waals surface area contributed by atoms with E-state index in [0.717, 1.165) is 31.0 Å². The van der Waals surface area contributed by atoms with E-state index in [9.17, 15) is 9.59 Å². The third-order valence-corrected chi connectivity index (χ3v) is 5.94. The summed E-state index contributed by atoms with van der Waals surface area (Å²) in [4.78, 5) is 28.9. The molecule has 2 fully saturated rings. The molecule has 1 aromatic heterocycles. The van der Waals surface area contributed by atoms with Gasteiger partial charge in [-0.2, -0.15) is 5.10 Å². The molecule has 0 saturated carbocycles. The number of aryl methyl sites for hydroxylation is 2. The van der Waals surface area contributed by atoms with Gasteiger partial charge in [0.15, 0.2) is 0 Å². The monoisotopic (exact) mass is 381 g/mol. The summed E-state index contributed by atoms with van der Waals surface area (Å²) in [5, 5.41) is 7.23. The summed E-state index contributed by atoms with van der Waals surface area (Å²) in [6, 6.07) is 10.3. The summed E-state index contributed by atoms with van der Waals surface area (Å²) < 4.78 is 1.70. The van der Waals surface area contributed by atoms with E-state index in [2.05, 4.69) is 27.4 Å². The van der Waals surface area contributed by atoms with Crippen LogP contribution >= 0.6 is 0 Å². The van der Waals surface area contributed by atoms with Crippen molar-refractivity contribution in [2.45, 2.75) is 19.9 Å². The lowest BCUT2D eigenvalue weighted by Crippen LogP contribution is -2.37. The molecule has 2 aliphatic heterocycles. The number of benzene rings is 1. The average Bonchev–Trinajstić information content (AvgIpc) is 3.27. The number of amides is 2. The second-order valence-electron chi connectivity index (χ2n) is 7.99. The first kappa shape index (κ1) is 18.7. The topological polar surface area (TPSA) is 70.5 Å². The molecular formula is C21H27N5O2. The van der Waals surface area contributed by atoms with Crippen molar-refractivity contribution in [3.8, 4) is 0 Å². The highest BCUT2D eigenvalue weighted by molar-refractivity contribution is 5.92. The first-order valence-electron chi connectivity index (χ1n) is 9.77. The summed E-state index contributed by atoms with van der Waals surface area (Å²) in [5.41, 5.74) is 2.76. The van der Waals surface area contributed by atoms with E-state index in [-0.39, 0.29) is 17.9 Å². The van der Waals surface area contributed by atoms with E-state index in [4.69, 9.17) is 0 Å². The van der Waals surface area contributed by atoms with Gasteiger partial charge in [0.2, 0.25) is 11.8 Å². The summed E-state index contributed by atoms with van der Waals surface area (Å²) in [7, 11) is 1.84. The maximum atomic E-state index is 12.5. The molecule has 2 aromatic rings. The number of nitrogens with one attached hydrogen (secondary N) is 1. The molecule has 2 aliphatic rings. The normalized spacial score (nSPS) is 24.4. The molecular weight excluding hydrogens is 354 g/mol. The van der Waals surface area contributed by atoms with Crippen molar-refractivity contribution >= 4 is 17.5 Å². The van der Waals surface area contributed by atoms with Gasteiger partial charge in [0.05, 0.1) is 24.0 Å². The molecule has 0 radical (unpaired) electrons. The number of carbonyl (C=O) groups excluding carboxylic acids is 2. The lowest BCUT2D eigenvalue weighted by Gasteiger charge is -2.29. The molecule has 3 heterocycles. The predicted octanol–water partition coefficient (Wildman–Crippen LogP) is 1.82. The van der Waals surface area contributed by atoms with E-state index in [1.807, 2.05) is 43.3 Å². The fraction of sp³-hybridized carbons (Fsp3) is 0.476. The smallest absolute Gasteiger partial charge is 0.238 e. The van der Waals surface area contributed by atoms with Crippen LogP contribution in [0.4, 0.5) is 5.69 Å². The quantitative estimate of drug-likeness (QED) is 0.877. The number of rotatable bonds is 4. The number of hydrogen-bond donors (Lipinski definition) is 1. The van der Waals surface area contributed by atoms with Crippen LogP contribution in [0.3, 0.4) is 0 Å². The Morgan fingerprint density at radius 3 is 2.57 bits per heavy atom. The molecule has 1 N–H and O–H groups in total. The van der Waals surface area contributed by atoms with Crippen LogP contribution in [-0.4, -0.2) is 57.6 Å². The van der Waals surface area contributed by atoms with Gasteiger partial charge in [0.1, 0.15) is 0 Å². The van der Waals surface area contributed by atoms with Crippen LogP contribution in [0.15, 0.2) is 36.5 Å². The minimum Gasteiger partial charge on any atom is -0.335 e. The van der Waals surface area contributed by atoms with E-state index in [0.29, 0.717) is 18.4 Å². The Morgan fingerprint density at radius 1 is 1.18 bits per heavy atom. The van der Waals surface area contributed by atoms with E-state index < -0.39 is 0 Å². The molecule has 0 aliphatic carbocycles. The molecule has 0 spiro atoms. The van der Waals surface area contributed by atoms with Crippen LogP contribution in [0, 0.1) is 18.8 Å². The summed E-state index contributed by atoms with van der Waals surface area (Å²) in [6.07, 6.45) is 1.82. The SMILES string of the molecule is CC(=O)N1C[C@H]2CN(CC(=O)Nc3cn(C)nc3C)C[C@H]2[C@@H]1c1ccccc1. The molecule has 2 amide bonds.